The van der Waals surface area contributed by atoms with Gasteiger partial charge in [0.05, 0.1) is 17.0 Å². The fourth-order valence-corrected chi connectivity index (χ4v) is 15.6. The van der Waals surface area contributed by atoms with Gasteiger partial charge in [-0.3, -0.25) is 19.4 Å². The molecule has 0 saturated heterocycles. The van der Waals surface area contributed by atoms with Crippen molar-refractivity contribution in [3.8, 4) is 22.3 Å². The minimum atomic E-state index is -0.220. The third kappa shape index (κ3) is 10.1. The summed E-state index contributed by atoms with van der Waals surface area (Å²) in [5.41, 5.74) is 18.1. The van der Waals surface area contributed by atoms with Crippen molar-refractivity contribution in [1.29, 1.82) is 0 Å². The molecule has 2 aliphatic carbocycles. The van der Waals surface area contributed by atoms with E-state index in [9.17, 15) is 4.79 Å². The number of benzene rings is 4. The van der Waals surface area contributed by atoms with Crippen LogP contribution in [0.15, 0.2) is 93.2 Å². The molecule has 0 aromatic heterocycles. The van der Waals surface area contributed by atoms with Crippen LogP contribution in [0.2, 0.25) is 0 Å². The number of amides is 2. The summed E-state index contributed by atoms with van der Waals surface area (Å²) in [6.07, 6.45) is 32.7. The van der Waals surface area contributed by atoms with E-state index in [1.165, 1.54) is 122 Å². The summed E-state index contributed by atoms with van der Waals surface area (Å²) in [5, 5.41) is 0. The van der Waals surface area contributed by atoms with E-state index in [2.05, 4.69) is 167 Å². The first-order valence-electron chi connectivity index (χ1n) is 29.8. The van der Waals surface area contributed by atoms with Gasteiger partial charge in [0.1, 0.15) is 0 Å². The Kier molecular flexibility index (Phi) is 17.6. The lowest BCUT2D eigenvalue weighted by atomic mass is 9.65. The number of carbonyl (C=O) groups is 2. The van der Waals surface area contributed by atoms with E-state index >= 15 is 4.79 Å². The number of hydrogen-bond acceptors (Lipinski definition) is 2. The Labute approximate surface area is 469 Å². The molecule has 4 aromatic rings. The molecule has 3 aliphatic heterocycles. The Bertz CT molecular complexity index is 2880. The van der Waals surface area contributed by atoms with Crippen LogP contribution in [0, 0.1) is 23.7 Å². The summed E-state index contributed by atoms with van der Waals surface area (Å²) in [6.45, 7) is 21.0. The lowest BCUT2D eigenvalue weighted by Gasteiger charge is -2.39. The third-order valence-electron chi connectivity index (χ3n) is 19.0. The average Bonchev–Trinajstić information content (AvgIpc) is 4.00. The number of nitrogens with zero attached hydrogens (tertiary/aromatic N) is 2. The Hall–Kier alpha value is -4.26. The zero-order valence-electron chi connectivity index (χ0n) is 47.1. The molecule has 0 radical (unpaired) electrons. The molecule has 0 bridgehead atoms. The highest BCUT2D eigenvalue weighted by atomic mass is 79.9. The second-order valence-corrected chi connectivity index (χ2v) is 25.3. The van der Waals surface area contributed by atoms with Crippen LogP contribution in [0.5, 0.6) is 0 Å². The zero-order valence-corrected chi connectivity index (χ0v) is 50.3. The van der Waals surface area contributed by atoms with Crippen LogP contribution in [0.1, 0.15) is 235 Å². The van der Waals surface area contributed by atoms with Crippen LogP contribution in [0.25, 0.3) is 45.8 Å². The Morgan fingerprint density at radius 2 is 0.880 bits per heavy atom. The number of carbonyl (C=O) groups excluding carboxylic acids is 2. The second kappa shape index (κ2) is 23.8. The van der Waals surface area contributed by atoms with Gasteiger partial charge in [-0.25, -0.2) is 0 Å². The van der Waals surface area contributed by atoms with Gasteiger partial charge in [-0.15, -0.1) is 0 Å². The van der Waals surface area contributed by atoms with E-state index < -0.39 is 0 Å². The van der Waals surface area contributed by atoms with Crippen molar-refractivity contribution >= 4 is 67.7 Å². The molecule has 0 N–H and O–H groups in total. The summed E-state index contributed by atoms with van der Waals surface area (Å²) in [4.78, 5) is 32.8. The number of rotatable bonds is 25. The van der Waals surface area contributed by atoms with Gasteiger partial charge < -0.3 is 0 Å². The number of halogens is 2. The van der Waals surface area contributed by atoms with Crippen molar-refractivity contribution in [3.05, 3.63) is 138 Å². The van der Waals surface area contributed by atoms with E-state index in [0.717, 1.165) is 100 Å². The molecule has 75 heavy (non-hydrogen) atoms. The van der Waals surface area contributed by atoms with Gasteiger partial charge in [0.2, 0.25) is 6.41 Å². The third-order valence-corrected chi connectivity index (χ3v) is 20.0. The van der Waals surface area contributed by atoms with Crippen LogP contribution in [0.3, 0.4) is 0 Å². The maximum absolute atomic E-state index is 15.6. The van der Waals surface area contributed by atoms with Crippen molar-refractivity contribution < 1.29 is 9.59 Å². The molecule has 0 spiro atoms. The lowest BCUT2D eigenvalue weighted by Crippen LogP contribution is -2.32. The van der Waals surface area contributed by atoms with Crippen LogP contribution in [0.4, 0.5) is 0 Å². The van der Waals surface area contributed by atoms with Gasteiger partial charge in [-0.05, 0) is 178 Å². The van der Waals surface area contributed by atoms with E-state index in [0.29, 0.717) is 34.9 Å². The highest BCUT2D eigenvalue weighted by molar-refractivity contribution is 9.10. The van der Waals surface area contributed by atoms with Crippen LogP contribution in [-0.2, 0) is 20.4 Å². The highest BCUT2D eigenvalue weighted by Gasteiger charge is 2.49. The predicted octanol–water partition coefficient (Wildman–Crippen LogP) is 20.6. The van der Waals surface area contributed by atoms with E-state index in [-0.39, 0.29) is 16.7 Å². The lowest BCUT2D eigenvalue weighted by molar-refractivity contribution is -0.121. The van der Waals surface area contributed by atoms with Gasteiger partial charge in [-0.2, -0.15) is 0 Å². The zero-order chi connectivity index (χ0) is 53.2. The minimum absolute atomic E-state index is 0.0714. The molecule has 4 aromatic carbocycles. The molecule has 6 heteroatoms. The summed E-state index contributed by atoms with van der Waals surface area (Å²) < 4.78 is 2.26. The minimum Gasteiger partial charge on any atom is -0.289 e. The molecular formula is C69H86Br2N2O2. The molecule has 3 heterocycles. The maximum atomic E-state index is 15.6. The van der Waals surface area contributed by atoms with Crippen molar-refractivity contribution in [2.45, 2.75) is 202 Å². The Morgan fingerprint density at radius 1 is 0.493 bits per heavy atom. The molecule has 398 valence electrons. The summed E-state index contributed by atoms with van der Waals surface area (Å²) in [7, 11) is 0. The summed E-state index contributed by atoms with van der Waals surface area (Å²) >= 11 is 7.93. The molecule has 2 amide bonds. The first kappa shape index (κ1) is 55.5. The number of hydrogen-bond donors (Lipinski definition) is 0. The van der Waals surface area contributed by atoms with Crippen LogP contribution >= 0.6 is 31.9 Å². The first-order valence-corrected chi connectivity index (χ1v) is 31.3. The summed E-state index contributed by atoms with van der Waals surface area (Å²) in [5.74, 6) is 2.26. The van der Waals surface area contributed by atoms with Gasteiger partial charge in [-0.1, -0.05) is 202 Å². The van der Waals surface area contributed by atoms with Gasteiger partial charge >= 0.3 is 0 Å². The molecular weight excluding hydrogens is 1050 g/mol. The molecule has 4 nitrogen and oxygen atoms in total. The van der Waals surface area contributed by atoms with Gasteiger partial charge in [0, 0.05) is 43.3 Å². The number of unbranched alkanes of at least 4 members (excludes halogenated alkanes) is 4. The fraction of sp³-hybridized carbons (Fsp3) is 0.507. The molecule has 4 atom stereocenters. The molecule has 0 saturated carbocycles. The van der Waals surface area contributed by atoms with Crippen molar-refractivity contribution in [3.63, 3.8) is 0 Å². The van der Waals surface area contributed by atoms with E-state index in [1.807, 2.05) is 17.3 Å². The van der Waals surface area contributed by atoms with Crippen molar-refractivity contribution in [2.24, 2.45) is 23.7 Å². The smallest absolute Gasteiger partial charge is 0.264 e. The van der Waals surface area contributed by atoms with E-state index in [1.54, 1.807) is 4.90 Å². The second-order valence-electron chi connectivity index (χ2n) is 23.5. The van der Waals surface area contributed by atoms with Crippen LogP contribution in [-0.4, -0.2) is 22.1 Å². The van der Waals surface area contributed by atoms with Gasteiger partial charge in [0.25, 0.3) is 5.91 Å². The largest absolute Gasteiger partial charge is 0.289 e. The Balaban J connectivity index is 1.26. The Morgan fingerprint density at radius 3 is 1.27 bits per heavy atom. The number of fused-ring (bicyclic) bond motifs is 10. The molecule has 5 aliphatic rings. The van der Waals surface area contributed by atoms with Crippen molar-refractivity contribution in [2.75, 3.05) is 0 Å². The quantitative estimate of drug-likeness (QED) is 0.0490. The van der Waals surface area contributed by atoms with Crippen molar-refractivity contribution in [1.82, 2.24) is 9.80 Å². The topological polar surface area (TPSA) is 40.6 Å². The van der Waals surface area contributed by atoms with Crippen LogP contribution < -0.4 is 0 Å². The summed E-state index contributed by atoms with van der Waals surface area (Å²) in [6, 6.07) is 23.9. The first-order chi connectivity index (χ1) is 36.4. The predicted molar refractivity (Wildman–Crippen MR) is 325 cm³/mol. The SMILES string of the molecule is CCCCC(CC)CC1(CC(CC)CCCC)c2cc(Br)ccc2-c2cc3c(cc21)C1=C(C)/C(=C2/c4cc5c(cc4C=CN2C=O)-c2ccc(Br)cc2C5(CC(CC)CCCC)CC(CC)CCCC)C(=O)N1C=C3. The maximum Gasteiger partial charge on any atom is 0.264 e. The molecule has 4 unspecified atom stereocenters. The molecule has 0 fully saturated rings. The standard InChI is InChI=1S/C69H86Br2N2O2/c1-10-18-22-46(14-5)40-68(41-47(15-6)23-19-11-2)60-36-52(70)27-29-55(60)59-35-51-31-33-73-65(56(51)38-62(59)68)45(9)64(67(73)75)66-57-39-63-58(34-50(57)30-32-72(66)44-74)54-28-26-53(71)37-61(54)69(63,42-48(16-7)24-20-12-3)43-49(17-8)25-21-13-4/h26-39,44,46-49H,10-25,40-43H2,1-9H3/b66-64+. The highest BCUT2D eigenvalue weighted by Crippen LogP contribution is 2.61. The van der Waals surface area contributed by atoms with E-state index in [4.69, 9.17) is 0 Å². The molecule has 9 rings (SSSR count). The average molecular weight is 1140 g/mol. The monoisotopic (exact) mass is 1130 g/mol. The fourth-order valence-electron chi connectivity index (χ4n) is 14.8. The van der Waals surface area contributed by atoms with Gasteiger partial charge in [0.15, 0.2) is 0 Å². The normalized spacial score (nSPS) is 21.4.